The lowest BCUT2D eigenvalue weighted by molar-refractivity contribution is -0.137. The summed E-state index contributed by atoms with van der Waals surface area (Å²) in [5.74, 6) is -0.291. The zero-order valence-electron chi connectivity index (χ0n) is 20.2. The Labute approximate surface area is 186 Å². The number of carbonyl (C=O) groups is 2. The number of hydrogen-bond acceptors (Lipinski definition) is 3. The predicted molar refractivity (Wildman–Crippen MR) is 128 cm³/mol. The molecule has 2 rings (SSSR count). The molecule has 1 heterocycles. The van der Waals surface area contributed by atoms with E-state index in [1.807, 2.05) is 58.2 Å². The smallest absolute Gasteiger partial charge is 0.245 e. The summed E-state index contributed by atoms with van der Waals surface area (Å²) < 4.78 is 0. The Morgan fingerprint density at radius 3 is 2.42 bits per heavy atom. The topological polar surface area (TPSA) is 77.2 Å². The van der Waals surface area contributed by atoms with Crippen LogP contribution in [-0.4, -0.2) is 54.4 Å². The maximum Gasteiger partial charge on any atom is 0.245 e. The summed E-state index contributed by atoms with van der Waals surface area (Å²) in [6.07, 6.45) is 3.98. The van der Waals surface area contributed by atoms with Gasteiger partial charge in [0.2, 0.25) is 11.8 Å². The third-order valence-corrected chi connectivity index (χ3v) is 5.94. The van der Waals surface area contributed by atoms with Gasteiger partial charge in [-0.25, -0.2) is 0 Å². The SMILES string of the molecule is CNC(C(=O)NC(C(=O)N(C)CC=C(C)C)C(C)C)C(C)(C)c1c[nH]c2ccccc12. The van der Waals surface area contributed by atoms with E-state index in [0.29, 0.717) is 6.54 Å². The number of carbonyl (C=O) groups excluding carboxylic acids is 2. The van der Waals surface area contributed by atoms with Gasteiger partial charge in [0, 0.05) is 36.1 Å². The largest absolute Gasteiger partial charge is 0.361 e. The highest BCUT2D eigenvalue weighted by Crippen LogP contribution is 2.33. The van der Waals surface area contributed by atoms with Gasteiger partial charge in [-0.2, -0.15) is 0 Å². The zero-order chi connectivity index (χ0) is 23.3. The fraction of sp³-hybridized carbons (Fsp3) is 0.520. The summed E-state index contributed by atoms with van der Waals surface area (Å²) in [6.45, 7) is 12.5. The average Bonchev–Trinajstić information content (AvgIpc) is 3.14. The van der Waals surface area contributed by atoms with Gasteiger partial charge in [-0.1, -0.05) is 57.5 Å². The number of para-hydroxylation sites is 1. The number of aromatic amines is 1. The van der Waals surface area contributed by atoms with Crippen molar-refractivity contribution in [1.29, 1.82) is 0 Å². The summed E-state index contributed by atoms with van der Waals surface area (Å²) >= 11 is 0. The first-order valence-electron chi connectivity index (χ1n) is 10.9. The number of aromatic nitrogens is 1. The molecule has 0 spiro atoms. The first kappa shape index (κ1) is 24.7. The molecule has 0 bridgehead atoms. The highest BCUT2D eigenvalue weighted by molar-refractivity contribution is 5.92. The van der Waals surface area contributed by atoms with E-state index in [4.69, 9.17) is 0 Å². The van der Waals surface area contributed by atoms with Crippen LogP contribution in [0.5, 0.6) is 0 Å². The van der Waals surface area contributed by atoms with E-state index in [2.05, 4.69) is 35.5 Å². The molecule has 1 aromatic carbocycles. The highest BCUT2D eigenvalue weighted by Gasteiger charge is 2.39. The molecular formula is C25H38N4O2. The average molecular weight is 427 g/mol. The molecule has 6 nitrogen and oxygen atoms in total. The Morgan fingerprint density at radius 2 is 1.84 bits per heavy atom. The zero-order valence-corrected chi connectivity index (χ0v) is 20.2. The molecule has 6 heteroatoms. The summed E-state index contributed by atoms with van der Waals surface area (Å²) in [5, 5.41) is 7.31. The highest BCUT2D eigenvalue weighted by atomic mass is 16.2. The number of H-pyrrole nitrogens is 1. The molecule has 1 aromatic heterocycles. The molecule has 2 atom stereocenters. The lowest BCUT2D eigenvalue weighted by Crippen LogP contribution is -2.59. The monoisotopic (exact) mass is 426 g/mol. The van der Waals surface area contributed by atoms with E-state index in [9.17, 15) is 9.59 Å². The number of amides is 2. The molecule has 2 amide bonds. The lowest BCUT2D eigenvalue weighted by Gasteiger charge is -2.35. The summed E-state index contributed by atoms with van der Waals surface area (Å²) in [6, 6.07) is 6.98. The summed E-state index contributed by atoms with van der Waals surface area (Å²) in [7, 11) is 3.56. The molecular weight excluding hydrogens is 388 g/mol. The number of likely N-dealkylation sites (N-methyl/N-ethyl adjacent to an activating group) is 2. The molecule has 2 aromatic rings. The number of allylic oxidation sites excluding steroid dienone is 1. The molecule has 3 N–H and O–H groups in total. The molecule has 31 heavy (non-hydrogen) atoms. The van der Waals surface area contributed by atoms with E-state index in [1.165, 1.54) is 0 Å². The van der Waals surface area contributed by atoms with Crippen molar-refractivity contribution in [2.24, 2.45) is 5.92 Å². The standard InChI is InChI=1S/C25H38N4O2/c1-16(2)13-14-29(8)24(31)21(17(3)4)28-23(30)22(26-7)25(5,6)19-15-27-20-12-10-9-11-18(19)20/h9-13,15,17,21-22,26-27H,14H2,1-8H3,(H,28,30). The second-order valence-corrected chi connectivity index (χ2v) is 9.42. The molecule has 0 fully saturated rings. The van der Waals surface area contributed by atoms with Gasteiger partial charge in [0.25, 0.3) is 0 Å². The number of rotatable bonds is 9. The van der Waals surface area contributed by atoms with E-state index < -0.39 is 17.5 Å². The van der Waals surface area contributed by atoms with Crippen molar-refractivity contribution in [2.45, 2.75) is 59.0 Å². The van der Waals surface area contributed by atoms with Crippen LogP contribution in [0.3, 0.4) is 0 Å². The van der Waals surface area contributed by atoms with Crippen LogP contribution in [0.25, 0.3) is 10.9 Å². The summed E-state index contributed by atoms with van der Waals surface area (Å²) in [4.78, 5) is 31.4. The van der Waals surface area contributed by atoms with Crippen molar-refractivity contribution in [3.63, 3.8) is 0 Å². The third-order valence-electron chi connectivity index (χ3n) is 5.94. The number of nitrogens with one attached hydrogen (secondary N) is 3. The van der Waals surface area contributed by atoms with Crippen LogP contribution < -0.4 is 10.6 Å². The van der Waals surface area contributed by atoms with E-state index in [1.54, 1.807) is 19.0 Å². The van der Waals surface area contributed by atoms with Crippen LogP contribution in [0.15, 0.2) is 42.1 Å². The Hall–Kier alpha value is -2.60. The van der Waals surface area contributed by atoms with Crippen LogP contribution in [0.4, 0.5) is 0 Å². The number of benzene rings is 1. The number of fused-ring (bicyclic) bond motifs is 1. The predicted octanol–water partition coefficient (Wildman–Crippen LogP) is 3.60. The second-order valence-electron chi connectivity index (χ2n) is 9.42. The molecule has 0 aliphatic carbocycles. The number of hydrogen-bond donors (Lipinski definition) is 3. The minimum atomic E-state index is -0.585. The molecule has 0 saturated carbocycles. The quantitative estimate of drug-likeness (QED) is 0.536. The van der Waals surface area contributed by atoms with Gasteiger partial charge < -0.3 is 20.5 Å². The fourth-order valence-electron chi connectivity index (χ4n) is 3.98. The van der Waals surface area contributed by atoms with E-state index >= 15 is 0 Å². The van der Waals surface area contributed by atoms with Crippen LogP contribution >= 0.6 is 0 Å². The lowest BCUT2D eigenvalue weighted by atomic mass is 9.77. The van der Waals surface area contributed by atoms with Gasteiger partial charge in [0.1, 0.15) is 6.04 Å². The first-order chi connectivity index (χ1) is 14.5. The molecule has 0 radical (unpaired) electrons. The van der Waals surface area contributed by atoms with Crippen molar-refractivity contribution in [1.82, 2.24) is 20.5 Å². The van der Waals surface area contributed by atoms with Gasteiger partial charge in [-0.05, 0) is 38.4 Å². The number of nitrogens with zero attached hydrogens (tertiary/aromatic N) is 1. The molecule has 2 unspecified atom stereocenters. The van der Waals surface area contributed by atoms with Crippen molar-refractivity contribution in [3.8, 4) is 0 Å². The minimum Gasteiger partial charge on any atom is -0.361 e. The van der Waals surface area contributed by atoms with Gasteiger partial charge >= 0.3 is 0 Å². The van der Waals surface area contributed by atoms with Gasteiger partial charge in [0.15, 0.2) is 0 Å². The van der Waals surface area contributed by atoms with Crippen LogP contribution in [-0.2, 0) is 15.0 Å². The maximum absolute atomic E-state index is 13.4. The van der Waals surface area contributed by atoms with Crippen molar-refractivity contribution in [2.75, 3.05) is 20.6 Å². The van der Waals surface area contributed by atoms with Crippen molar-refractivity contribution < 1.29 is 9.59 Å². The first-order valence-corrected chi connectivity index (χ1v) is 10.9. The van der Waals surface area contributed by atoms with Gasteiger partial charge in [-0.3, -0.25) is 9.59 Å². The molecule has 0 aliphatic heterocycles. The maximum atomic E-state index is 13.4. The van der Waals surface area contributed by atoms with Crippen LogP contribution in [0.2, 0.25) is 0 Å². The third kappa shape index (κ3) is 5.56. The molecule has 170 valence electrons. The normalized spacial score (nSPS) is 13.7. The minimum absolute atomic E-state index is 0.0284. The summed E-state index contributed by atoms with van der Waals surface area (Å²) in [5.41, 5.74) is 2.75. The fourth-order valence-corrected chi connectivity index (χ4v) is 3.98. The van der Waals surface area contributed by atoms with E-state index in [0.717, 1.165) is 22.0 Å². The second kappa shape index (κ2) is 10.1. The van der Waals surface area contributed by atoms with Gasteiger partial charge in [0.05, 0.1) is 6.04 Å². The Morgan fingerprint density at radius 1 is 1.19 bits per heavy atom. The van der Waals surface area contributed by atoms with Crippen molar-refractivity contribution >= 4 is 22.7 Å². The van der Waals surface area contributed by atoms with Crippen LogP contribution in [0, 0.1) is 5.92 Å². The Balaban J connectivity index is 2.26. The van der Waals surface area contributed by atoms with E-state index in [-0.39, 0.29) is 17.7 Å². The van der Waals surface area contributed by atoms with Gasteiger partial charge in [-0.15, -0.1) is 0 Å². The van der Waals surface area contributed by atoms with Crippen LogP contribution in [0.1, 0.15) is 47.1 Å². The van der Waals surface area contributed by atoms with Crippen molar-refractivity contribution in [3.05, 3.63) is 47.7 Å². The Kier molecular flexibility index (Phi) is 8.07. The Bertz CT molecular complexity index is 938. The molecule has 0 aliphatic rings. The molecule has 0 saturated heterocycles.